The van der Waals surface area contributed by atoms with E-state index in [9.17, 15) is 4.79 Å². The first kappa shape index (κ1) is 24.4. The number of likely N-dealkylation sites (tertiary alicyclic amines) is 1. The number of nitrogens with one attached hydrogen (secondary N) is 2. The molecule has 6 nitrogen and oxygen atoms in total. The topological polar surface area (TPSA) is 60.0 Å². The van der Waals surface area contributed by atoms with Gasteiger partial charge in [0, 0.05) is 32.7 Å². The maximum absolute atomic E-state index is 12.1. The van der Waals surface area contributed by atoms with Crippen molar-refractivity contribution in [1.82, 2.24) is 20.4 Å². The summed E-state index contributed by atoms with van der Waals surface area (Å²) in [7, 11) is 2.09. The summed E-state index contributed by atoms with van der Waals surface area (Å²) in [5.41, 5.74) is -0.500. The lowest BCUT2D eigenvalue weighted by molar-refractivity contribution is -0.128. The molecule has 0 aromatic heterocycles. The number of nitrogens with zero attached hydrogens (tertiary/aromatic N) is 3. The summed E-state index contributed by atoms with van der Waals surface area (Å²) >= 11 is 0. The molecule has 7 heteroatoms. The third-order valence-electron chi connectivity index (χ3n) is 4.66. The molecule has 1 atom stereocenters. The molecule has 1 heterocycles. The standard InChI is InChI=1S/C18H37N5O.HI/c1-7-19-16(24)18(4,5)14-21-17(20-8-2)22(6)13-15-11-10-12-23(15)9-3;/h15H,7-14H2,1-6H3,(H,19,24)(H,20,21);1H. The highest BCUT2D eigenvalue weighted by Gasteiger charge is 2.28. The van der Waals surface area contributed by atoms with E-state index < -0.39 is 5.41 Å². The van der Waals surface area contributed by atoms with Crippen LogP contribution in [0.3, 0.4) is 0 Å². The molecule has 148 valence electrons. The zero-order valence-corrected chi connectivity index (χ0v) is 19.2. The van der Waals surface area contributed by atoms with E-state index in [0.717, 1.165) is 25.6 Å². The van der Waals surface area contributed by atoms with Crippen molar-refractivity contribution in [3.8, 4) is 0 Å². The van der Waals surface area contributed by atoms with Crippen LogP contribution in [0.15, 0.2) is 4.99 Å². The number of hydrogen-bond acceptors (Lipinski definition) is 3. The molecular weight excluding hydrogens is 429 g/mol. The molecule has 1 aliphatic heterocycles. The average Bonchev–Trinajstić information content (AvgIpc) is 2.98. The molecule has 0 saturated carbocycles. The number of carbonyl (C=O) groups excluding carboxylic acids is 1. The van der Waals surface area contributed by atoms with Crippen molar-refractivity contribution in [1.29, 1.82) is 0 Å². The number of rotatable bonds is 8. The van der Waals surface area contributed by atoms with Crippen molar-refractivity contribution < 1.29 is 4.79 Å². The fraction of sp³-hybridized carbons (Fsp3) is 0.889. The fourth-order valence-electron chi connectivity index (χ4n) is 3.13. The molecule has 1 aliphatic rings. The average molecular weight is 467 g/mol. The number of halogens is 1. The lowest BCUT2D eigenvalue weighted by Gasteiger charge is -2.30. The Labute approximate surface area is 171 Å². The van der Waals surface area contributed by atoms with Gasteiger partial charge >= 0.3 is 0 Å². The van der Waals surface area contributed by atoms with E-state index in [4.69, 9.17) is 4.99 Å². The molecule has 1 fully saturated rings. The van der Waals surface area contributed by atoms with Crippen molar-refractivity contribution >= 4 is 35.8 Å². The van der Waals surface area contributed by atoms with Gasteiger partial charge in [-0.3, -0.25) is 14.7 Å². The quantitative estimate of drug-likeness (QED) is 0.326. The Morgan fingerprint density at radius 3 is 2.44 bits per heavy atom. The van der Waals surface area contributed by atoms with Gasteiger partial charge in [-0.05, 0) is 53.6 Å². The highest BCUT2D eigenvalue weighted by molar-refractivity contribution is 14.0. The predicted molar refractivity (Wildman–Crippen MR) is 117 cm³/mol. The van der Waals surface area contributed by atoms with Gasteiger partial charge in [0.2, 0.25) is 5.91 Å². The second kappa shape index (κ2) is 11.9. The molecule has 0 spiro atoms. The third kappa shape index (κ3) is 7.68. The number of carbonyl (C=O) groups is 1. The van der Waals surface area contributed by atoms with E-state index in [0.29, 0.717) is 19.1 Å². The molecule has 2 N–H and O–H groups in total. The van der Waals surface area contributed by atoms with Crippen molar-refractivity contribution in [3.63, 3.8) is 0 Å². The van der Waals surface area contributed by atoms with Crippen LogP contribution in [0.4, 0.5) is 0 Å². The zero-order chi connectivity index (χ0) is 18.2. The molecule has 0 bridgehead atoms. The molecule has 25 heavy (non-hydrogen) atoms. The van der Waals surface area contributed by atoms with Crippen molar-refractivity contribution in [2.24, 2.45) is 10.4 Å². The molecule has 0 aliphatic carbocycles. The summed E-state index contributed by atoms with van der Waals surface area (Å²) in [6.07, 6.45) is 2.53. The third-order valence-corrected chi connectivity index (χ3v) is 4.66. The smallest absolute Gasteiger partial charge is 0.227 e. The summed E-state index contributed by atoms with van der Waals surface area (Å²) in [6.45, 7) is 15.4. The largest absolute Gasteiger partial charge is 0.357 e. The number of hydrogen-bond donors (Lipinski definition) is 2. The van der Waals surface area contributed by atoms with E-state index in [2.05, 4.69) is 41.3 Å². The minimum atomic E-state index is -0.500. The highest BCUT2D eigenvalue weighted by atomic mass is 127. The molecule has 1 rings (SSSR count). The van der Waals surface area contributed by atoms with Crippen LogP contribution in [0, 0.1) is 5.41 Å². The van der Waals surface area contributed by atoms with Crippen LogP contribution >= 0.6 is 24.0 Å². The van der Waals surface area contributed by atoms with Gasteiger partial charge in [0.05, 0.1) is 12.0 Å². The number of guanidine groups is 1. The van der Waals surface area contributed by atoms with Crippen molar-refractivity contribution in [2.75, 3.05) is 46.3 Å². The first-order valence-electron chi connectivity index (χ1n) is 9.37. The number of aliphatic imine (C=N–C) groups is 1. The minimum absolute atomic E-state index is 0. The van der Waals surface area contributed by atoms with E-state index in [1.165, 1.54) is 19.4 Å². The molecule has 1 unspecified atom stereocenters. The monoisotopic (exact) mass is 467 g/mol. The van der Waals surface area contributed by atoms with Crippen molar-refractivity contribution in [3.05, 3.63) is 0 Å². The Morgan fingerprint density at radius 1 is 1.24 bits per heavy atom. The van der Waals surface area contributed by atoms with Gasteiger partial charge < -0.3 is 15.5 Å². The summed E-state index contributed by atoms with van der Waals surface area (Å²) in [4.78, 5) is 21.6. The number of amides is 1. The molecule has 0 radical (unpaired) electrons. The first-order chi connectivity index (χ1) is 11.4. The SMILES string of the molecule is CCNC(=O)C(C)(C)CN=C(NCC)N(C)CC1CCCN1CC.I. The lowest BCUT2D eigenvalue weighted by atomic mass is 9.92. The summed E-state index contributed by atoms with van der Waals surface area (Å²) in [6, 6.07) is 0.597. The van der Waals surface area contributed by atoms with Gasteiger partial charge in [-0.25, -0.2) is 0 Å². The highest BCUT2D eigenvalue weighted by Crippen LogP contribution is 2.18. The maximum atomic E-state index is 12.1. The Morgan fingerprint density at radius 2 is 1.88 bits per heavy atom. The van der Waals surface area contributed by atoms with E-state index in [1.807, 2.05) is 20.8 Å². The van der Waals surface area contributed by atoms with Gasteiger partial charge in [0.15, 0.2) is 5.96 Å². The van der Waals surface area contributed by atoms with Gasteiger partial charge in [-0.2, -0.15) is 0 Å². The van der Waals surface area contributed by atoms with E-state index in [1.54, 1.807) is 0 Å². The van der Waals surface area contributed by atoms with E-state index in [-0.39, 0.29) is 29.9 Å². The normalized spacial score (nSPS) is 18.6. The second-order valence-corrected chi connectivity index (χ2v) is 7.22. The van der Waals surface area contributed by atoms with Crippen LogP contribution in [0.1, 0.15) is 47.5 Å². The fourth-order valence-corrected chi connectivity index (χ4v) is 3.13. The molecule has 1 amide bonds. The van der Waals surface area contributed by atoms with Gasteiger partial charge in [0.1, 0.15) is 0 Å². The Kier molecular flexibility index (Phi) is 11.7. The predicted octanol–water partition coefficient (Wildman–Crippen LogP) is 2.15. The van der Waals surface area contributed by atoms with Crippen LogP contribution in [-0.2, 0) is 4.79 Å². The van der Waals surface area contributed by atoms with Crippen LogP contribution in [0.25, 0.3) is 0 Å². The van der Waals surface area contributed by atoms with E-state index >= 15 is 0 Å². The van der Waals surface area contributed by atoms with Gasteiger partial charge in [0.25, 0.3) is 0 Å². The summed E-state index contributed by atoms with van der Waals surface area (Å²) < 4.78 is 0. The molecular formula is C18H38IN5O. The van der Waals surface area contributed by atoms with Crippen LogP contribution in [0.5, 0.6) is 0 Å². The second-order valence-electron chi connectivity index (χ2n) is 7.22. The Bertz CT molecular complexity index is 428. The Balaban J connectivity index is 0.00000576. The van der Waals surface area contributed by atoms with Gasteiger partial charge in [-0.15, -0.1) is 24.0 Å². The number of likely N-dealkylation sites (N-methyl/N-ethyl adjacent to an activating group) is 2. The molecule has 0 aromatic rings. The summed E-state index contributed by atoms with van der Waals surface area (Å²) in [5, 5.41) is 6.25. The maximum Gasteiger partial charge on any atom is 0.227 e. The molecule has 0 aromatic carbocycles. The first-order valence-corrected chi connectivity index (χ1v) is 9.37. The summed E-state index contributed by atoms with van der Waals surface area (Å²) in [5.74, 6) is 0.943. The lowest BCUT2D eigenvalue weighted by Crippen LogP contribution is -2.46. The molecule has 1 saturated heterocycles. The van der Waals surface area contributed by atoms with Crippen LogP contribution in [-0.4, -0.2) is 74.0 Å². The zero-order valence-electron chi connectivity index (χ0n) is 16.9. The van der Waals surface area contributed by atoms with Gasteiger partial charge in [-0.1, -0.05) is 6.92 Å². The van der Waals surface area contributed by atoms with Crippen molar-refractivity contribution in [2.45, 2.75) is 53.5 Å². The minimum Gasteiger partial charge on any atom is -0.357 e. The van der Waals surface area contributed by atoms with Crippen LogP contribution < -0.4 is 10.6 Å². The van der Waals surface area contributed by atoms with Crippen LogP contribution in [0.2, 0.25) is 0 Å². The Hall–Kier alpha value is -0.570.